The van der Waals surface area contributed by atoms with Gasteiger partial charge in [-0.3, -0.25) is 4.79 Å². The zero-order chi connectivity index (χ0) is 13.2. The minimum Gasteiger partial charge on any atom is -0.344 e. The van der Waals surface area contributed by atoms with E-state index in [9.17, 15) is 4.79 Å². The van der Waals surface area contributed by atoms with Crippen molar-refractivity contribution in [2.24, 2.45) is 5.92 Å². The number of hydrogen-bond acceptors (Lipinski definition) is 2. The first-order valence-corrected chi connectivity index (χ1v) is 8.02. The van der Waals surface area contributed by atoms with Gasteiger partial charge in [-0.1, -0.05) is 30.3 Å². The van der Waals surface area contributed by atoms with Crippen molar-refractivity contribution in [3.8, 4) is 0 Å². The van der Waals surface area contributed by atoms with Crippen LogP contribution in [-0.2, 0) is 0 Å². The summed E-state index contributed by atoms with van der Waals surface area (Å²) in [4.78, 5) is 13.1. The molecule has 1 amide bonds. The molecule has 1 saturated carbocycles. The van der Waals surface area contributed by atoms with Crippen LogP contribution in [0.4, 0.5) is 0 Å². The highest BCUT2D eigenvalue weighted by Crippen LogP contribution is 2.41. The Bertz CT molecular complexity index is 577. The maximum absolute atomic E-state index is 12.3. The van der Waals surface area contributed by atoms with Gasteiger partial charge >= 0.3 is 0 Å². The normalized spacial score (nSPS) is 16.1. The summed E-state index contributed by atoms with van der Waals surface area (Å²) in [7, 11) is 0. The van der Waals surface area contributed by atoms with Gasteiger partial charge in [-0.15, -0.1) is 11.3 Å². The van der Waals surface area contributed by atoms with Crippen molar-refractivity contribution >= 4 is 33.2 Å². The Morgan fingerprint density at radius 1 is 1.26 bits per heavy atom. The molecule has 0 spiro atoms. The summed E-state index contributed by atoms with van der Waals surface area (Å²) in [5, 5.41) is 5.10. The lowest BCUT2D eigenvalue weighted by atomic mass is 10.0. The van der Waals surface area contributed by atoms with Gasteiger partial charge in [0.25, 0.3) is 5.91 Å². The zero-order valence-corrected chi connectivity index (χ0v) is 12.7. The van der Waals surface area contributed by atoms with Crippen molar-refractivity contribution < 1.29 is 4.79 Å². The Hall–Kier alpha value is -1.13. The van der Waals surface area contributed by atoms with Crippen LogP contribution in [0.3, 0.4) is 0 Å². The predicted octanol–water partition coefficient (Wildman–Crippen LogP) is 4.39. The second-order valence-corrected chi connectivity index (χ2v) is 6.57. The summed E-state index contributed by atoms with van der Waals surface area (Å²) in [5.41, 5.74) is 1.20. The minimum absolute atomic E-state index is 0.0163. The molecule has 19 heavy (non-hydrogen) atoms. The van der Waals surface area contributed by atoms with E-state index in [-0.39, 0.29) is 11.9 Å². The molecular formula is C15H14BrNOS. The van der Waals surface area contributed by atoms with E-state index in [0.717, 1.165) is 9.35 Å². The molecule has 1 atom stereocenters. The second-order valence-electron chi connectivity index (χ2n) is 4.80. The number of nitrogens with one attached hydrogen (secondary N) is 1. The number of carbonyl (C=O) groups excluding carboxylic acids is 1. The van der Waals surface area contributed by atoms with Gasteiger partial charge in [0.05, 0.1) is 6.04 Å². The van der Waals surface area contributed by atoms with E-state index in [2.05, 4.69) is 33.4 Å². The van der Waals surface area contributed by atoms with E-state index in [1.807, 2.05) is 29.6 Å². The number of amides is 1. The van der Waals surface area contributed by atoms with Crippen LogP contribution in [0.25, 0.3) is 0 Å². The third-order valence-corrected chi connectivity index (χ3v) is 5.20. The van der Waals surface area contributed by atoms with Crippen molar-refractivity contribution in [2.75, 3.05) is 0 Å². The zero-order valence-electron chi connectivity index (χ0n) is 10.3. The molecule has 98 valence electrons. The van der Waals surface area contributed by atoms with Crippen LogP contribution in [0.5, 0.6) is 0 Å². The molecule has 1 heterocycles. The largest absolute Gasteiger partial charge is 0.344 e. The highest BCUT2D eigenvalue weighted by molar-refractivity contribution is 9.10. The summed E-state index contributed by atoms with van der Waals surface area (Å²) in [6.07, 6.45) is 2.40. The van der Waals surface area contributed by atoms with Crippen molar-refractivity contribution in [1.82, 2.24) is 5.32 Å². The second kappa shape index (κ2) is 5.47. The summed E-state index contributed by atoms with van der Waals surface area (Å²) in [6, 6.07) is 12.3. The lowest BCUT2D eigenvalue weighted by Crippen LogP contribution is -2.29. The highest BCUT2D eigenvalue weighted by Gasteiger charge is 2.33. The van der Waals surface area contributed by atoms with Crippen LogP contribution >= 0.6 is 27.3 Å². The number of carbonyl (C=O) groups is 1. The fourth-order valence-electron chi connectivity index (χ4n) is 2.23. The van der Waals surface area contributed by atoms with Gasteiger partial charge in [0.2, 0.25) is 0 Å². The topological polar surface area (TPSA) is 29.1 Å². The summed E-state index contributed by atoms with van der Waals surface area (Å²) in [6.45, 7) is 0. The minimum atomic E-state index is 0.0163. The molecule has 2 nitrogen and oxygen atoms in total. The number of hydrogen-bond donors (Lipinski definition) is 1. The number of rotatable bonds is 4. The first kappa shape index (κ1) is 12.9. The van der Waals surface area contributed by atoms with E-state index in [4.69, 9.17) is 0 Å². The van der Waals surface area contributed by atoms with E-state index < -0.39 is 0 Å². The molecule has 1 aromatic carbocycles. The summed E-state index contributed by atoms with van der Waals surface area (Å²) in [5.74, 6) is 0.604. The molecule has 3 rings (SSSR count). The van der Waals surface area contributed by atoms with Crippen molar-refractivity contribution in [3.63, 3.8) is 0 Å². The number of thiophene rings is 1. The van der Waals surface area contributed by atoms with Crippen molar-refractivity contribution in [3.05, 3.63) is 56.7 Å². The fraction of sp³-hybridized carbons (Fsp3) is 0.267. The first-order valence-electron chi connectivity index (χ1n) is 6.34. The Labute approximate surface area is 125 Å². The molecule has 1 aliphatic carbocycles. The molecule has 4 heteroatoms. The molecule has 2 aromatic rings. The van der Waals surface area contributed by atoms with Crippen LogP contribution in [0.15, 0.2) is 46.3 Å². The van der Waals surface area contributed by atoms with Gasteiger partial charge < -0.3 is 5.32 Å². The molecule has 0 bridgehead atoms. The standard InChI is InChI=1S/C15H14BrNOS/c16-12-8-9-19-14(12)15(18)17-13(11-6-7-11)10-4-2-1-3-5-10/h1-5,8-9,11,13H,6-7H2,(H,17,18). The van der Waals surface area contributed by atoms with Crippen LogP contribution in [-0.4, -0.2) is 5.91 Å². The monoisotopic (exact) mass is 335 g/mol. The molecule has 0 aliphatic heterocycles. The maximum atomic E-state index is 12.3. The molecule has 1 unspecified atom stereocenters. The molecule has 1 fully saturated rings. The van der Waals surface area contributed by atoms with Gasteiger partial charge in [-0.25, -0.2) is 0 Å². The smallest absolute Gasteiger partial charge is 0.263 e. The van der Waals surface area contributed by atoms with Gasteiger partial charge in [0.15, 0.2) is 0 Å². The molecule has 1 N–H and O–H groups in total. The van der Waals surface area contributed by atoms with Gasteiger partial charge in [-0.2, -0.15) is 0 Å². The van der Waals surface area contributed by atoms with Gasteiger partial charge in [0, 0.05) is 4.47 Å². The molecule has 1 aromatic heterocycles. The highest BCUT2D eigenvalue weighted by atomic mass is 79.9. The first-order chi connectivity index (χ1) is 9.25. The van der Waals surface area contributed by atoms with Crippen molar-refractivity contribution in [2.45, 2.75) is 18.9 Å². The van der Waals surface area contributed by atoms with E-state index >= 15 is 0 Å². The Balaban J connectivity index is 1.79. The van der Waals surface area contributed by atoms with Crippen molar-refractivity contribution in [1.29, 1.82) is 0 Å². The lowest BCUT2D eigenvalue weighted by Gasteiger charge is -2.18. The molecule has 0 radical (unpaired) electrons. The SMILES string of the molecule is O=C(NC(c1ccccc1)C1CC1)c1sccc1Br. The third kappa shape index (κ3) is 2.90. The quantitative estimate of drug-likeness (QED) is 0.881. The fourth-order valence-corrected chi connectivity index (χ4v) is 3.68. The maximum Gasteiger partial charge on any atom is 0.263 e. The molecule has 0 saturated heterocycles. The average Bonchev–Trinajstić information content (AvgIpc) is 3.18. The predicted molar refractivity (Wildman–Crippen MR) is 81.4 cm³/mol. The Morgan fingerprint density at radius 2 is 2.00 bits per heavy atom. The average molecular weight is 336 g/mol. The third-order valence-electron chi connectivity index (χ3n) is 3.36. The lowest BCUT2D eigenvalue weighted by molar-refractivity contribution is 0.0935. The Kier molecular flexibility index (Phi) is 3.71. The molecular weight excluding hydrogens is 322 g/mol. The number of benzene rings is 1. The Morgan fingerprint density at radius 3 is 2.58 bits per heavy atom. The van der Waals surface area contributed by atoms with E-state index in [1.54, 1.807) is 0 Å². The summed E-state index contributed by atoms with van der Waals surface area (Å²) < 4.78 is 0.873. The van der Waals surface area contributed by atoms with Gasteiger partial charge in [0.1, 0.15) is 4.88 Å². The van der Waals surface area contributed by atoms with E-state index in [0.29, 0.717) is 5.92 Å². The summed E-state index contributed by atoms with van der Waals surface area (Å²) >= 11 is 4.88. The van der Waals surface area contributed by atoms with Crippen LogP contribution in [0.1, 0.15) is 34.1 Å². The van der Waals surface area contributed by atoms with Crippen LogP contribution in [0.2, 0.25) is 0 Å². The van der Waals surface area contributed by atoms with Gasteiger partial charge in [-0.05, 0) is 51.7 Å². The number of halogens is 1. The van der Waals surface area contributed by atoms with E-state index in [1.165, 1.54) is 29.7 Å². The van der Waals surface area contributed by atoms with Crippen LogP contribution in [0, 0.1) is 5.92 Å². The molecule has 1 aliphatic rings. The van der Waals surface area contributed by atoms with Crippen LogP contribution < -0.4 is 5.32 Å².